The maximum atomic E-state index is 12.2. The van der Waals surface area contributed by atoms with Crippen molar-refractivity contribution in [3.63, 3.8) is 0 Å². The van der Waals surface area contributed by atoms with E-state index in [4.69, 9.17) is 4.74 Å². The summed E-state index contributed by atoms with van der Waals surface area (Å²) in [6.07, 6.45) is 1.32. The Bertz CT molecular complexity index is 501. The van der Waals surface area contributed by atoms with Crippen LogP contribution in [0.5, 0.6) is 5.75 Å². The zero-order chi connectivity index (χ0) is 15.4. The van der Waals surface area contributed by atoms with Crippen LogP contribution in [0.25, 0.3) is 0 Å². The van der Waals surface area contributed by atoms with Crippen LogP contribution in [-0.4, -0.2) is 41.7 Å². The fourth-order valence-corrected chi connectivity index (χ4v) is 2.95. The fourth-order valence-electron chi connectivity index (χ4n) is 2.95. The quantitative estimate of drug-likeness (QED) is 0.905. The molecule has 0 spiro atoms. The van der Waals surface area contributed by atoms with Crippen LogP contribution >= 0.6 is 0 Å². The van der Waals surface area contributed by atoms with Crippen LogP contribution in [0.1, 0.15) is 30.9 Å². The number of hydrogen-bond donors (Lipinski definition) is 1. The summed E-state index contributed by atoms with van der Waals surface area (Å²) in [6, 6.07) is 6.00. The number of amides is 1. The second-order valence-corrected chi connectivity index (χ2v) is 5.97. The van der Waals surface area contributed by atoms with Crippen LogP contribution in [0.4, 0.5) is 0 Å². The molecule has 1 N–H and O–H groups in total. The molecule has 1 aromatic rings. The van der Waals surface area contributed by atoms with Gasteiger partial charge in [0.2, 0.25) is 5.91 Å². The number of carbonyl (C=O) groups excluding carboxylic acids is 1. The third-order valence-electron chi connectivity index (χ3n) is 4.29. The van der Waals surface area contributed by atoms with Crippen molar-refractivity contribution in [1.29, 1.82) is 0 Å². The van der Waals surface area contributed by atoms with Crippen LogP contribution in [0, 0.1) is 19.8 Å². The third kappa shape index (κ3) is 3.76. The Labute approximate surface area is 126 Å². The highest BCUT2D eigenvalue weighted by Gasteiger charge is 2.33. The lowest BCUT2D eigenvalue weighted by Crippen LogP contribution is -2.40. The molecule has 1 heterocycles. The predicted octanol–water partition coefficient (Wildman–Crippen LogP) is 2.30. The van der Waals surface area contributed by atoms with Gasteiger partial charge < -0.3 is 14.7 Å². The van der Waals surface area contributed by atoms with Gasteiger partial charge in [0.05, 0.1) is 25.7 Å². The van der Waals surface area contributed by atoms with Gasteiger partial charge in [0.1, 0.15) is 5.75 Å². The maximum absolute atomic E-state index is 12.2. The van der Waals surface area contributed by atoms with E-state index in [9.17, 15) is 9.90 Å². The Morgan fingerprint density at radius 2 is 2.19 bits per heavy atom. The van der Waals surface area contributed by atoms with E-state index >= 15 is 0 Å². The van der Waals surface area contributed by atoms with E-state index in [2.05, 4.69) is 13.0 Å². The van der Waals surface area contributed by atoms with E-state index < -0.39 is 0 Å². The van der Waals surface area contributed by atoms with Crippen LogP contribution < -0.4 is 4.74 Å². The van der Waals surface area contributed by atoms with Crippen molar-refractivity contribution < 1.29 is 14.6 Å². The Morgan fingerprint density at radius 1 is 1.43 bits per heavy atom. The molecular weight excluding hydrogens is 266 g/mol. The number of ether oxygens (including phenoxy) is 1. The van der Waals surface area contributed by atoms with Gasteiger partial charge in [-0.15, -0.1) is 0 Å². The SMILES string of the molecule is Cc1ccc(OCCC(=O)N2CCC(C)C2CO)c(C)c1. The van der Waals surface area contributed by atoms with Gasteiger partial charge in [0.15, 0.2) is 0 Å². The Balaban J connectivity index is 1.84. The summed E-state index contributed by atoms with van der Waals surface area (Å²) in [5.41, 5.74) is 2.29. The van der Waals surface area contributed by atoms with Gasteiger partial charge >= 0.3 is 0 Å². The van der Waals surface area contributed by atoms with Gasteiger partial charge in [-0.05, 0) is 37.8 Å². The zero-order valence-corrected chi connectivity index (χ0v) is 13.1. The standard InChI is InChI=1S/C17H25NO3/c1-12-4-5-16(14(3)10-12)21-9-7-17(20)18-8-6-13(2)15(18)11-19/h4-5,10,13,15,19H,6-9,11H2,1-3H3. The summed E-state index contributed by atoms with van der Waals surface area (Å²) in [5, 5.41) is 9.40. The summed E-state index contributed by atoms with van der Waals surface area (Å²) >= 11 is 0. The summed E-state index contributed by atoms with van der Waals surface area (Å²) in [5.74, 6) is 1.28. The minimum Gasteiger partial charge on any atom is -0.493 e. The topological polar surface area (TPSA) is 49.8 Å². The summed E-state index contributed by atoms with van der Waals surface area (Å²) < 4.78 is 5.71. The van der Waals surface area contributed by atoms with Gasteiger partial charge in [-0.3, -0.25) is 4.79 Å². The van der Waals surface area contributed by atoms with Crippen molar-refractivity contribution in [3.8, 4) is 5.75 Å². The second kappa shape index (κ2) is 6.94. The van der Waals surface area contributed by atoms with Gasteiger partial charge in [-0.1, -0.05) is 24.6 Å². The summed E-state index contributed by atoms with van der Waals surface area (Å²) in [6.45, 7) is 7.31. The van der Waals surface area contributed by atoms with E-state index in [1.807, 2.05) is 26.0 Å². The lowest BCUT2D eigenvalue weighted by atomic mass is 10.0. The molecule has 1 aromatic carbocycles. The van der Waals surface area contributed by atoms with Crippen molar-refractivity contribution in [2.75, 3.05) is 19.8 Å². The number of benzene rings is 1. The molecule has 1 saturated heterocycles. The van der Waals surface area contributed by atoms with Crippen LogP contribution in [0.3, 0.4) is 0 Å². The van der Waals surface area contributed by atoms with Crippen molar-refractivity contribution in [2.24, 2.45) is 5.92 Å². The molecule has 4 nitrogen and oxygen atoms in total. The largest absolute Gasteiger partial charge is 0.493 e. The molecule has 1 aliphatic rings. The monoisotopic (exact) mass is 291 g/mol. The molecule has 4 heteroatoms. The molecule has 0 bridgehead atoms. The first-order chi connectivity index (χ1) is 10.0. The number of hydrogen-bond acceptors (Lipinski definition) is 3. The van der Waals surface area contributed by atoms with Gasteiger partial charge in [0, 0.05) is 6.54 Å². The highest BCUT2D eigenvalue weighted by atomic mass is 16.5. The Morgan fingerprint density at radius 3 is 2.86 bits per heavy atom. The first kappa shape index (κ1) is 15.8. The lowest BCUT2D eigenvalue weighted by molar-refractivity contribution is -0.133. The molecule has 2 atom stereocenters. The average Bonchev–Trinajstić information content (AvgIpc) is 2.82. The van der Waals surface area contributed by atoms with E-state index in [0.29, 0.717) is 18.9 Å². The molecule has 2 rings (SSSR count). The van der Waals surface area contributed by atoms with Crippen LogP contribution in [0.15, 0.2) is 18.2 Å². The van der Waals surface area contributed by atoms with E-state index in [0.717, 1.165) is 24.3 Å². The van der Waals surface area contributed by atoms with Crippen molar-refractivity contribution in [1.82, 2.24) is 4.90 Å². The van der Waals surface area contributed by atoms with Gasteiger partial charge in [0.25, 0.3) is 0 Å². The molecule has 1 amide bonds. The van der Waals surface area contributed by atoms with Crippen LogP contribution in [-0.2, 0) is 4.79 Å². The third-order valence-corrected chi connectivity index (χ3v) is 4.29. The highest BCUT2D eigenvalue weighted by molar-refractivity contribution is 5.77. The van der Waals surface area contributed by atoms with Crippen molar-refractivity contribution in [2.45, 2.75) is 39.7 Å². The molecule has 116 valence electrons. The average molecular weight is 291 g/mol. The number of likely N-dealkylation sites (tertiary alicyclic amines) is 1. The molecule has 0 aromatic heterocycles. The Kier molecular flexibility index (Phi) is 5.23. The lowest BCUT2D eigenvalue weighted by Gasteiger charge is -2.25. The maximum Gasteiger partial charge on any atom is 0.226 e. The van der Waals surface area contributed by atoms with Gasteiger partial charge in [-0.2, -0.15) is 0 Å². The Hall–Kier alpha value is -1.55. The van der Waals surface area contributed by atoms with E-state index in [1.165, 1.54) is 5.56 Å². The molecule has 0 saturated carbocycles. The predicted molar refractivity (Wildman–Crippen MR) is 82.4 cm³/mol. The molecule has 0 radical (unpaired) electrons. The van der Waals surface area contributed by atoms with Gasteiger partial charge in [-0.25, -0.2) is 0 Å². The molecule has 0 aliphatic carbocycles. The van der Waals surface area contributed by atoms with Crippen molar-refractivity contribution in [3.05, 3.63) is 29.3 Å². The number of nitrogens with zero attached hydrogens (tertiary/aromatic N) is 1. The second-order valence-electron chi connectivity index (χ2n) is 5.97. The zero-order valence-electron chi connectivity index (χ0n) is 13.1. The number of rotatable bonds is 5. The number of aryl methyl sites for hydroxylation is 2. The number of carbonyl (C=O) groups is 1. The van der Waals surface area contributed by atoms with Crippen LogP contribution in [0.2, 0.25) is 0 Å². The fraction of sp³-hybridized carbons (Fsp3) is 0.588. The van der Waals surface area contributed by atoms with E-state index in [1.54, 1.807) is 4.90 Å². The number of aliphatic hydroxyl groups is 1. The first-order valence-corrected chi connectivity index (χ1v) is 7.63. The molecule has 2 unspecified atom stereocenters. The minimum absolute atomic E-state index is 0.0291. The molecule has 21 heavy (non-hydrogen) atoms. The molecule has 1 fully saturated rings. The number of aliphatic hydroxyl groups excluding tert-OH is 1. The minimum atomic E-state index is -0.0291. The first-order valence-electron chi connectivity index (χ1n) is 7.63. The normalized spacial score (nSPS) is 21.6. The highest BCUT2D eigenvalue weighted by Crippen LogP contribution is 2.24. The van der Waals surface area contributed by atoms with E-state index in [-0.39, 0.29) is 18.6 Å². The smallest absolute Gasteiger partial charge is 0.226 e. The van der Waals surface area contributed by atoms with Crippen molar-refractivity contribution >= 4 is 5.91 Å². The molecule has 1 aliphatic heterocycles. The molecular formula is C17H25NO3. The summed E-state index contributed by atoms with van der Waals surface area (Å²) in [7, 11) is 0. The summed E-state index contributed by atoms with van der Waals surface area (Å²) in [4.78, 5) is 14.0.